The van der Waals surface area contributed by atoms with Crippen molar-refractivity contribution >= 4 is 11.8 Å². The second-order valence-corrected chi connectivity index (χ2v) is 7.27. The molecule has 14 nitrogen and oxygen atoms in total. The van der Waals surface area contributed by atoms with Crippen LogP contribution >= 0.6 is 0 Å². The zero-order valence-electron chi connectivity index (χ0n) is 16.5. The van der Waals surface area contributed by atoms with Gasteiger partial charge in [-0.1, -0.05) is 5.90 Å². The maximum atomic E-state index is 11.5. The predicted octanol–water partition coefficient (Wildman–Crippen LogP) is -5.70. The highest BCUT2D eigenvalue weighted by Crippen LogP contribution is 2.30. The molecule has 2 aliphatic rings. The maximum absolute atomic E-state index is 11.5. The van der Waals surface area contributed by atoms with Crippen molar-refractivity contribution in [2.24, 2.45) is 5.90 Å². The van der Waals surface area contributed by atoms with Crippen molar-refractivity contribution in [2.75, 3.05) is 13.2 Å². The second kappa shape index (κ2) is 10.2. The Labute approximate surface area is 171 Å². The number of rotatable bonds is 6. The summed E-state index contributed by atoms with van der Waals surface area (Å²) < 4.78 is 12.9. The first-order valence-electron chi connectivity index (χ1n) is 9.28. The van der Waals surface area contributed by atoms with Crippen molar-refractivity contribution in [3.8, 4) is 0 Å². The van der Waals surface area contributed by atoms with Gasteiger partial charge in [0.1, 0.15) is 37.1 Å². The summed E-state index contributed by atoms with van der Waals surface area (Å²) in [5.41, 5.74) is 0. The van der Waals surface area contributed by atoms with Crippen LogP contribution in [0.5, 0.6) is 0 Å². The molecule has 2 fully saturated rings. The molecule has 10 atom stereocenters. The van der Waals surface area contributed by atoms with Crippen LogP contribution in [0.1, 0.15) is 13.8 Å². The molecule has 14 heteroatoms. The number of hydrogen-bond donors (Lipinski definition) is 9. The number of carbonyl (C=O) groups is 2. The molecule has 2 rings (SSSR count). The Morgan fingerprint density at radius 2 is 1.53 bits per heavy atom. The van der Waals surface area contributed by atoms with Gasteiger partial charge in [0.15, 0.2) is 18.4 Å². The van der Waals surface area contributed by atoms with Gasteiger partial charge in [-0.25, -0.2) is 0 Å². The SMILES string of the molecule is CC(=O)N[C@@H]1[C@@H](O)[C@H](O[C@@H]2O[C@H](CO)[C@@H](O)[C@H](O)[C@H]2NC(C)=O)[C@@H](CO)[O+](N)[C@H]1O. The fourth-order valence-corrected chi connectivity index (χ4v) is 3.59. The average Bonchev–Trinajstić information content (AvgIpc) is 2.68. The number of hydrogen-bond acceptors (Lipinski definition) is 11. The number of nitrogens with two attached hydrogens (primary N) is 1. The molecule has 174 valence electrons. The molecule has 2 aliphatic heterocycles. The van der Waals surface area contributed by atoms with Crippen LogP contribution in [-0.4, -0.2) is 117 Å². The minimum Gasteiger partial charge on any atom is -0.394 e. The lowest BCUT2D eigenvalue weighted by molar-refractivity contribution is -0.401. The minimum absolute atomic E-state index is 0.586. The molecule has 0 aliphatic carbocycles. The van der Waals surface area contributed by atoms with E-state index in [-0.39, 0.29) is 0 Å². The summed E-state index contributed by atoms with van der Waals surface area (Å²) in [6, 6.07) is -2.65. The van der Waals surface area contributed by atoms with Gasteiger partial charge in [0.2, 0.25) is 17.9 Å². The fraction of sp³-hybridized carbons (Fsp3) is 0.875. The van der Waals surface area contributed by atoms with Crippen LogP contribution < -0.4 is 16.5 Å². The van der Waals surface area contributed by atoms with E-state index in [9.17, 15) is 40.2 Å². The van der Waals surface area contributed by atoms with Crippen molar-refractivity contribution < 1.29 is 54.2 Å². The van der Waals surface area contributed by atoms with E-state index in [1.807, 2.05) is 0 Å². The average molecular weight is 440 g/mol. The lowest BCUT2D eigenvalue weighted by Gasteiger charge is -2.47. The quantitative estimate of drug-likeness (QED) is 0.177. The predicted molar refractivity (Wildman–Crippen MR) is 96.0 cm³/mol. The highest BCUT2D eigenvalue weighted by molar-refractivity contribution is 5.73. The first-order chi connectivity index (χ1) is 14.0. The summed E-state index contributed by atoms with van der Waals surface area (Å²) in [5, 5.41) is 65.1. The third kappa shape index (κ3) is 5.05. The van der Waals surface area contributed by atoms with E-state index in [0.29, 0.717) is 0 Å². The molecule has 0 aromatic heterocycles. The molecule has 10 N–H and O–H groups in total. The zero-order valence-corrected chi connectivity index (χ0v) is 16.5. The molecule has 0 aromatic carbocycles. The first kappa shape index (κ1) is 24.8. The van der Waals surface area contributed by atoms with Crippen molar-refractivity contribution in [1.29, 1.82) is 0 Å². The molecule has 2 amide bonds. The van der Waals surface area contributed by atoms with Gasteiger partial charge in [0.25, 0.3) is 0 Å². The Morgan fingerprint density at radius 1 is 0.967 bits per heavy atom. The van der Waals surface area contributed by atoms with E-state index in [2.05, 4.69) is 10.6 Å². The molecular weight excluding hydrogens is 410 g/mol. The summed E-state index contributed by atoms with van der Waals surface area (Å²) in [6.45, 7) is 0.909. The molecule has 0 aromatic rings. The van der Waals surface area contributed by atoms with Crippen LogP contribution in [0.2, 0.25) is 0 Å². The van der Waals surface area contributed by atoms with Crippen molar-refractivity contribution in [3.63, 3.8) is 0 Å². The standard InChI is InChI=1S/C16H29N3O11/c1-5(22)18-9-13(26)14(8(4-21)30(17)15(9)27)29-16-10(19-6(2)23)12(25)11(24)7(3-20)28-16/h7-16,20-21,24-27H,3-4,17H2,1-2H3,(H-,18,19,22,23)/p+1/t7-,8-,9-,10-,11-,12-,13-,14-,15-,16+/m1/s1. The smallest absolute Gasteiger partial charge is 0.309 e. The molecule has 0 saturated carbocycles. The normalized spacial score (nSPS) is 42.6. The van der Waals surface area contributed by atoms with Gasteiger partial charge in [-0.15, -0.1) is 0 Å². The third-order valence-electron chi connectivity index (χ3n) is 5.10. The lowest BCUT2D eigenvalue weighted by Crippen LogP contribution is -2.72. The Hall–Kier alpha value is -1.46. The maximum Gasteiger partial charge on any atom is 0.309 e. The Kier molecular flexibility index (Phi) is 8.46. The fourth-order valence-electron chi connectivity index (χ4n) is 3.59. The van der Waals surface area contributed by atoms with E-state index < -0.39 is 86.3 Å². The van der Waals surface area contributed by atoms with Crippen LogP contribution in [0.4, 0.5) is 0 Å². The van der Waals surface area contributed by atoms with Crippen LogP contribution in [-0.2, 0) is 23.5 Å². The Balaban J connectivity index is 2.32. The van der Waals surface area contributed by atoms with E-state index in [1.54, 1.807) is 4.47 Å². The summed E-state index contributed by atoms with van der Waals surface area (Å²) in [4.78, 5) is 23.0. The van der Waals surface area contributed by atoms with Crippen molar-refractivity contribution in [1.82, 2.24) is 10.6 Å². The van der Waals surface area contributed by atoms with Gasteiger partial charge in [0, 0.05) is 13.8 Å². The topological polar surface area (TPSA) is 227 Å². The van der Waals surface area contributed by atoms with Crippen molar-refractivity contribution in [3.05, 3.63) is 0 Å². The third-order valence-corrected chi connectivity index (χ3v) is 5.10. The summed E-state index contributed by atoms with van der Waals surface area (Å²) in [7, 11) is 0. The van der Waals surface area contributed by atoms with Crippen LogP contribution in [0.3, 0.4) is 0 Å². The Bertz CT molecular complexity index is 611. The summed E-state index contributed by atoms with van der Waals surface area (Å²) in [5.74, 6) is 4.56. The number of nitrogens with one attached hydrogen (secondary N) is 2. The monoisotopic (exact) mass is 440 g/mol. The first-order valence-corrected chi connectivity index (χ1v) is 9.28. The number of aliphatic hydroxyl groups is 6. The molecule has 30 heavy (non-hydrogen) atoms. The summed E-state index contributed by atoms with van der Waals surface area (Å²) >= 11 is 0. The van der Waals surface area contributed by atoms with Gasteiger partial charge < -0.3 is 50.7 Å². The zero-order chi connectivity index (χ0) is 22.7. The van der Waals surface area contributed by atoms with Crippen LogP contribution in [0.25, 0.3) is 0 Å². The highest BCUT2D eigenvalue weighted by atomic mass is 16.9. The number of carbonyl (C=O) groups excluding carboxylic acids is 2. The molecule has 0 unspecified atom stereocenters. The van der Waals surface area contributed by atoms with E-state index in [1.165, 1.54) is 0 Å². The molecule has 0 spiro atoms. The number of amides is 2. The molecule has 2 saturated heterocycles. The molecule has 0 radical (unpaired) electrons. The lowest BCUT2D eigenvalue weighted by atomic mass is 9.94. The number of ether oxygens (including phenoxy) is 2. The van der Waals surface area contributed by atoms with Gasteiger partial charge in [-0.05, 0) is 0 Å². The van der Waals surface area contributed by atoms with Crippen molar-refractivity contribution in [2.45, 2.75) is 75.1 Å². The largest absolute Gasteiger partial charge is 0.394 e. The van der Waals surface area contributed by atoms with Crippen LogP contribution in [0.15, 0.2) is 0 Å². The van der Waals surface area contributed by atoms with E-state index in [0.717, 1.165) is 13.8 Å². The van der Waals surface area contributed by atoms with Gasteiger partial charge in [-0.2, -0.15) is 0 Å². The van der Waals surface area contributed by atoms with Gasteiger partial charge in [0.05, 0.1) is 6.61 Å². The Morgan fingerprint density at radius 3 is 2.03 bits per heavy atom. The second-order valence-electron chi connectivity index (χ2n) is 7.27. The summed E-state index contributed by atoms with van der Waals surface area (Å²) in [6.07, 6.45) is -11.8. The molecule has 0 bridgehead atoms. The number of aliphatic hydroxyl groups excluding tert-OH is 6. The molecular formula is C16H30N3O11+. The van der Waals surface area contributed by atoms with E-state index in [4.69, 9.17) is 15.4 Å². The molecule has 2 heterocycles. The van der Waals surface area contributed by atoms with Crippen LogP contribution in [0, 0.1) is 0 Å². The van der Waals surface area contributed by atoms with Gasteiger partial charge >= 0.3 is 6.29 Å². The van der Waals surface area contributed by atoms with Gasteiger partial charge in [-0.3, -0.25) is 14.1 Å². The minimum atomic E-state index is -1.64. The highest BCUT2D eigenvalue weighted by Gasteiger charge is 2.57. The van der Waals surface area contributed by atoms with E-state index >= 15 is 0 Å².